The summed E-state index contributed by atoms with van der Waals surface area (Å²) in [6.07, 6.45) is 1.63. The molecule has 20 heavy (non-hydrogen) atoms. The van der Waals surface area contributed by atoms with Gasteiger partial charge in [0, 0.05) is 27.5 Å². The van der Waals surface area contributed by atoms with Crippen LogP contribution < -0.4 is 4.72 Å². The Morgan fingerprint density at radius 2 is 2.20 bits per heavy atom. The Kier molecular flexibility index (Phi) is 3.91. The highest BCUT2D eigenvalue weighted by atomic mass is 79.9. The molecule has 0 radical (unpaired) electrons. The monoisotopic (exact) mass is 411 g/mol. The SMILES string of the molecule is O=S(=O)(NCc1sccc1Br)c1c(Cl)nc2sccn12. The van der Waals surface area contributed by atoms with Crippen LogP contribution in [0.15, 0.2) is 32.5 Å². The molecule has 10 heteroatoms. The van der Waals surface area contributed by atoms with Gasteiger partial charge in [-0.1, -0.05) is 11.6 Å². The number of nitrogens with zero attached hydrogens (tertiary/aromatic N) is 2. The van der Waals surface area contributed by atoms with E-state index in [-0.39, 0.29) is 16.7 Å². The molecule has 0 aromatic carbocycles. The van der Waals surface area contributed by atoms with E-state index in [0.717, 1.165) is 9.35 Å². The van der Waals surface area contributed by atoms with E-state index in [2.05, 4.69) is 25.6 Å². The van der Waals surface area contributed by atoms with Gasteiger partial charge in [-0.2, -0.15) is 0 Å². The van der Waals surface area contributed by atoms with Gasteiger partial charge in [-0.25, -0.2) is 18.1 Å². The molecule has 106 valence electrons. The number of sulfonamides is 1. The number of rotatable bonds is 4. The largest absolute Gasteiger partial charge is 0.279 e. The third-order valence-electron chi connectivity index (χ3n) is 2.55. The van der Waals surface area contributed by atoms with Gasteiger partial charge in [0.2, 0.25) is 0 Å². The summed E-state index contributed by atoms with van der Waals surface area (Å²) in [4.78, 5) is 5.47. The fourth-order valence-corrected chi connectivity index (χ4v) is 5.63. The van der Waals surface area contributed by atoms with E-state index >= 15 is 0 Å². The molecule has 0 aliphatic rings. The summed E-state index contributed by atoms with van der Waals surface area (Å²) in [6, 6.07) is 1.87. The Hall–Kier alpha value is -0.450. The summed E-state index contributed by atoms with van der Waals surface area (Å²) in [5.41, 5.74) is 0. The lowest BCUT2D eigenvalue weighted by Crippen LogP contribution is -2.24. The van der Waals surface area contributed by atoms with Crippen molar-refractivity contribution in [3.63, 3.8) is 0 Å². The zero-order valence-corrected chi connectivity index (χ0v) is 14.5. The van der Waals surface area contributed by atoms with Crippen molar-refractivity contribution in [3.05, 3.63) is 37.5 Å². The quantitative estimate of drug-likeness (QED) is 0.715. The van der Waals surface area contributed by atoms with E-state index in [4.69, 9.17) is 11.6 Å². The maximum absolute atomic E-state index is 12.4. The van der Waals surface area contributed by atoms with Crippen molar-refractivity contribution in [1.29, 1.82) is 0 Å². The van der Waals surface area contributed by atoms with Gasteiger partial charge in [-0.15, -0.1) is 22.7 Å². The van der Waals surface area contributed by atoms with Crippen molar-refractivity contribution in [2.45, 2.75) is 11.6 Å². The molecule has 3 rings (SSSR count). The molecular formula is C10H7BrClN3O2S3. The molecule has 0 aliphatic carbocycles. The lowest BCUT2D eigenvalue weighted by Gasteiger charge is -2.05. The van der Waals surface area contributed by atoms with Gasteiger partial charge in [0.15, 0.2) is 15.1 Å². The molecule has 0 unspecified atom stereocenters. The molecule has 0 fully saturated rings. The van der Waals surface area contributed by atoms with Gasteiger partial charge in [0.1, 0.15) is 0 Å². The Bertz CT molecular complexity index is 867. The topological polar surface area (TPSA) is 63.5 Å². The lowest BCUT2D eigenvalue weighted by atomic mass is 10.5. The second-order valence-corrected chi connectivity index (χ2v) is 8.55. The third kappa shape index (κ3) is 2.53. The van der Waals surface area contributed by atoms with Gasteiger partial charge in [0.25, 0.3) is 10.0 Å². The van der Waals surface area contributed by atoms with Gasteiger partial charge in [0.05, 0.1) is 0 Å². The molecule has 0 bridgehead atoms. The van der Waals surface area contributed by atoms with Crippen LogP contribution in [0.2, 0.25) is 5.15 Å². The Morgan fingerprint density at radius 1 is 1.40 bits per heavy atom. The number of imidazole rings is 1. The van der Waals surface area contributed by atoms with E-state index in [9.17, 15) is 8.42 Å². The molecule has 5 nitrogen and oxygen atoms in total. The van der Waals surface area contributed by atoms with Crippen molar-refractivity contribution in [1.82, 2.24) is 14.1 Å². The van der Waals surface area contributed by atoms with Crippen LogP contribution in [0.25, 0.3) is 4.96 Å². The summed E-state index contributed by atoms with van der Waals surface area (Å²) in [6.45, 7) is 0.203. The van der Waals surface area contributed by atoms with Gasteiger partial charge in [-0.3, -0.25) is 4.40 Å². The smallest absolute Gasteiger partial charge is 0.260 e. The fraction of sp³-hybridized carbons (Fsp3) is 0.100. The van der Waals surface area contributed by atoms with E-state index < -0.39 is 10.0 Å². The molecule has 0 amide bonds. The minimum absolute atomic E-state index is 0.0189. The van der Waals surface area contributed by atoms with E-state index in [1.807, 2.05) is 11.4 Å². The van der Waals surface area contributed by atoms with Crippen LogP contribution in [0.3, 0.4) is 0 Å². The lowest BCUT2D eigenvalue weighted by molar-refractivity contribution is 0.577. The highest BCUT2D eigenvalue weighted by molar-refractivity contribution is 9.10. The second-order valence-electron chi connectivity index (χ2n) is 3.78. The van der Waals surface area contributed by atoms with Crippen molar-refractivity contribution >= 4 is 65.2 Å². The average molecular weight is 413 g/mol. The number of hydrogen-bond donors (Lipinski definition) is 1. The van der Waals surface area contributed by atoms with E-state index in [1.165, 1.54) is 27.1 Å². The second kappa shape index (κ2) is 5.39. The van der Waals surface area contributed by atoms with Crippen LogP contribution in [-0.2, 0) is 16.6 Å². The van der Waals surface area contributed by atoms with E-state index in [0.29, 0.717) is 4.96 Å². The molecule has 0 saturated carbocycles. The summed E-state index contributed by atoms with van der Waals surface area (Å²) in [7, 11) is -3.73. The molecule has 0 atom stereocenters. The third-order valence-corrected chi connectivity index (χ3v) is 7.03. The number of halogens is 2. The highest BCUT2D eigenvalue weighted by Gasteiger charge is 2.25. The average Bonchev–Trinajstić information content (AvgIpc) is 3.02. The maximum atomic E-state index is 12.4. The van der Waals surface area contributed by atoms with Crippen molar-refractivity contribution in [2.75, 3.05) is 0 Å². The molecule has 1 N–H and O–H groups in total. The van der Waals surface area contributed by atoms with Crippen molar-refractivity contribution in [3.8, 4) is 0 Å². The van der Waals surface area contributed by atoms with E-state index in [1.54, 1.807) is 11.6 Å². The maximum Gasteiger partial charge on any atom is 0.260 e. The first-order valence-corrected chi connectivity index (χ1v) is 9.73. The number of thiophene rings is 1. The zero-order chi connectivity index (χ0) is 14.3. The molecule has 0 spiro atoms. The Labute approximate surface area is 136 Å². The molecule has 0 aliphatic heterocycles. The number of fused-ring (bicyclic) bond motifs is 1. The number of thiazole rings is 1. The van der Waals surface area contributed by atoms with Crippen LogP contribution in [0.1, 0.15) is 4.88 Å². The van der Waals surface area contributed by atoms with Gasteiger partial charge in [-0.05, 0) is 27.4 Å². The molecule has 3 heterocycles. The predicted molar refractivity (Wildman–Crippen MR) is 84.1 cm³/mol. The van der Waals surface area contributed by atoms with Crippen molar-refractivity contribution in [2.24, 2.45) is 0 Å². The fourth-order valence-electron chi connectivity index (χ4n) is 1.66. The van der Waals surface area contributed by atoms with Gasteiger partial charge < -0.3 is 0 Å². The summed E-state index contributed by atoms with van der Waals surface area (Å²) in [5.74, 6) is 0. The minimum Gasteiger partial charge on any atom is -0.279 e. The Morgan fingerprint density at radius 3 is 2.90 bits per heavy atom. The molecule has 3 aromatic rings. The van der Waals surface area contributed by atoms with Crippen LogP contribution in [-0.4, -0.2) is 17.8 Å². The molecular weight excluding hydrogens is 406 g/mol. The van der Waals surface area contributed by atoms with Crippen LogP contribution in [0, 0.1) is 0 Å². The highest BCUT2D eigenvalue weighted by Crippen LogP contribution is 2.26. The summed E-state index contributed by atoms with van der Waals surface area (Å²) >= 11 is 12.1. The standard InChI is InChI=1S/C10H7BrClN3O2S3/c11-6-1-3-18-7(6)5-13-20(16,17)9-8(12)14-10-15(9)2-4-19-10/h1-4,13H,5H2. The number of hydrogen-bond acceptors (Lipinski definition) is 5. The number of nitrogens with one attached hydrogen (secondary N) is 1. The summed E-state index contributed by atoms with van der Waals surface area (Å²) < 4.78 is 29.6. The first-order valence-electron chi connectivity index (χ1n) is 5.31. The molecule has 0 saturated heterocycles. The summed E-state index contributed by atoms with van der Waals surface area (Å²) in [5, 5.41) is 3.60. The predicted octanol–water partition coefficient (Wildman–Crippen LogP) is 3.35. The van der Waals surface area contributed by atoms with Gasteiger partial charge >= 0.3 is 0 Å². The Balaban J connectivity index is 1.94. The van der Waals surface area contributed by atoms with Crippen LogP contribution in [0.5, 0.6) is 0 Å². The first-order chi connectivity index (χ1) is 9.49. The first kappa shape index (κ1) is 14.5. The van der Waals surface area contributed by atoms with Crippen molar-refractivity contribution < 1.29 is 8.42 Å². The minimum atomic E-state index is -3.73. The molecule has 3 aromatic heterocycles. The zero-order valence-electron chi connectivity index (χ0n) is 9.71. The van der Waals surface area contributed by atoms with Crippen LogP contribution >= 0.6 is 50.2 Å². The normalized spacial score (nSPS) is 12.3. The van der Waals surface area contributed by atoms with Crippen LogP contribution in [0.4, 0.5) is 0 Å². The number of aromatic nitrogens is 2.